The number of methoxy groups -OCH3 is 2. The summed E-state index contributed by atoms with van der Waals surface area (Å²) in [5, 5.41) is 2.72. The number of thioether (sulfide) groups is 1. The fourth-order valence-electron chi connectivity index (χ4n) is 2.10. The minimum atomic E-state index is -0.597. The molecule has 0 atom stereocenters. The van der Waals surface area contributed by atoms with Gasteiger partial charge < -0.3 is 19.5 Å². The number of amides is 1. The van der Waals surface area contributed by atoms with E-state index < -0.39 is 5.97 Å². The van der Waals surface area contributed by atoms with Crippen LogP contribution in [0, 0.1) is 0 Å². The molecule has 0 aliphatic carbocycles. The number of rotatable bonds is 9. The Balaban J connectivity index is 1.72. The molecular weight excluding hydrogens is 354 g/mol. The molecule has 0 fully saturated rings. The van der Waals surface area contributed by atoms with Gasteiger partial charge in [0.1, 0.15) is 0 Å². The van der Waals surface area contributed by atoms with Gasteiger partial charge in [0.25, 0.3) is 5.91 Å². The van der Waals surface area contributed by atoms with Crippen molar-refractivity contribution in [2.24, 2.45) is 0 Å². The van der Waals surface area contributed by atoms with Crippen LogP contribution < -0.4 is 14.8 Å². The summed E-state index contributed by atoms with van der Waals surface area (Å²) in [6, 6.07) is 14.6. The van der Waals surface area contributed by atoms with E-state index in [1.165, 1.54) is 20.3 Å². The zero-order chi connectivity index (χ0) is 18.8. The molecule has 0 unspecified atom stereocenters. The fraction of sp³-hybridized carbons (Fsp3) is 0.263. The Morgan fingerprint density at radius 2 is 1.73 bits per heavy atom. The van der Waals surface area contributed by atoms with Gasteiger partial charge in [0, 0.05) is 17.2 Å². The van der Waals surface area contributed by atoms with Crippen LogP contribution in [0.15, 0.2) is 53.4 Å². The van der Waals surface area contributed by atoms with Crippen molar-refractivity contribution in [3.8, 4) is 11.5 Å². The Kier molecular flexibility index (Phi) is 7.82. The number of hydrogen-bond acceptors (Lipinski definition) is 6. The normalized spacial score (nSPS) is 10.1. The molecule has 7 heteroatoms. The van der Waals surface area contributed by atoms with E-state index in [4.69, 9.17) is 14.2 Å². The molecular formula is C19H21NO5S. The average Bonchev–Trinajstić information content (AvgIpc) is 2.69. The highest BCUT2D eigenvalue weighted by atomic mass is 32.2. The van der Waals surface area contributed by atoms with Crippen molar-refractivity contribution in [3.63, 3.8) is 0 Å². The first-order valence-corrected chi connectivity index (χ1v) is 8.96. The number of benzene rings is 2. The molecule has 1 N–H and O–H groups in total. The van der Waals surface area contributed by atoms with Gasteiger partial charge in [-0.15, -0.1) is 11.8 Å². The van der Waals surface area contributed by atoms with Crippen LogP contribution in [0.4, 0.5) is 0 Å². The summed E-state index contributed by atoms with van der Waals surface area (Å²) >= 11 is 1.64. The van der Waals surface area contributed by atoms with Crippen molar-refractivity contribution < 1.29 is 23.8 Å². The van der Waals surface area contributed by atoms with E-state index in [0.29, 0.717) is 18.0 Å². The lowest BCUT2D eigenvalue weighted by Gasteiger charge is -2.10. The minimum Gasteiger partial charge on any atom is -0.493 e. The van der Waals surface area contributed by atoms with Crippen LogP contribution in [0.1, 0.15) is 10.4 Å². The summed E-state index contributed by atoms with van der Waals surface area (Å²) < 4.78 is 15.3. The molecule has 2 aromatic carbocycles. The largest absolute Gasteiger partial charge is 0.493 e. The monoisotopic (exact) mass is 375 g/mol. The van der Waals surface area contributed by atoms with Crippen LogP contribution in [0.5, 0.6) is 11.5 Å². The van der Waals surface area contributed by atoms with Crippen LogP contribution in [-0.2, 0) is 9.53 Å². The molecule has 0 aliphatic rings. The van der Waals surface area contributed by atoms with Gasteiger partial charge in [0.05, 0.1) is 19.8 Å². The van der Waals surface area contributed by atoms with E-state index in [0.717, 1.165) is 10.6 Å². The van der Waals surface area contributed by atoms with E-state index in [1.54, 1.807) is 23.9 Å². The molecule has 0 saturated carbocycles. The lowest BCUT2D eigenvalue weighted by atomic mass is 10.2. The van der Waals surface area contributed by atoms with E-state index in [2.05, 4.69) is 5.32 Å². The van der Waals surface area contributed by atoms with Gasteiger partial charge >= 0.3 is 5.97 Å². The quantitative estimate of drug-likeness (QED) is 0.413. The number of carbonyl (C=O) groups is 2. The fourth-order valence-corrected chi connectivity index (χ4v) is 2.89. The first-order valence-electron chi connectivity index (χ1n) is 7.97. The third kappa shape index (κ3) is 6.00. The number of nitrogens with one attached hydrogen (secondary N) is 1. The molecule has 0 spiro atoms. The highest BCUT2D eigenvalue weighted by molar-refractivity contribution is 7.99. The third-order valence-corrected chi connectivity index (χ3v) is 4.40. The molecule has 0 bridgehead atoms. The SMILES string of the molecule is COc1ccc(C(=O)OCC(=O)NCCSc2ccccc2)cc1OC. The summed E-state index contributed by atoms with van der Waals surface area (Å²) in [7, 11) is 2.99. The number of esters is 1. The highest BCUT2D eigenvalue weighted by Gasteiger charge is 2.13. The Morgan fingerprint density at radius 3 is 2.42 bits per heavy atom. The lowest BCUT2D eigenvalue weighted by molar-refractivity contribution is -0.124. The molecule has 0 aliphatic heterocycles. The van der Waals surface area contributed by atoms with Gasteiger partial charge in [-0.3, -0.25) is 4.79 Å². The minimum absolute atomic E-state index is 0.287. The van der Waals surface area contributed by atoms with Gasteiger partial charge in [-0.05, 0) is 30.3 Å². The van der Waals surface area contributed by atoms with Crippen molar-refractivity contribution in [1.82, 2.24) is 5.32 Å². The maximum absolute atomic E-state index is 12.0. The molecule has 0 radical (unpaired) electrons. The molecule has 0 saturated heterocycles. The molecule has 2 rings (SSSR count). The topological polar surface area (TPSA) is 73.9 Å². The predicted molar refractivity (Wildman–Crippen MR) is 100 cm³/mol. The van der Waals surface area contributed by atoms with E-state index in [-0.39, 0.29) is 18.1 Å². The summed E-state index contributed by atoms with van der Waals surface area (Å²) in [6.07, 6.45) is 0. The van der Waals surface area contributed by atoms with Crippen molar-refractivity contribution in [2.75, 3.05) is 33.1 Å². The lowest BCUT2D eigenvalue weighted by Crippen LogP contribution is -2.30. The third-order valence-electron chi connectivity index (χ3n) is 3.39. The average molecular weight is 375 g/mol. The Bertz CT molecular complexity index is 736. The summed E-state index contributed by atoms with van der Waals surface area (Å²) in [5.74, 6) is 0.730. The Hall–Kier alpha value is -2.67. The summed E-state index contributed by atoms with van der Waals surface area (Å²) in [4.78, 5) is 24.9. The van der Waals surface area contributed by atoms with E-state index in [1.807, 2.05) is 30.3 Å². The Labute approximate surface area is 156 Å². The van der Waals surface area contributed by atoms with Crippen LogP contribution in [-0.4, -0.2) is 45.0 Å². The Morgan fingerprint density at radius 1 is 1.00 bits per heavy atom. The van der Waals surface area contributed by atoms with Gasteiger partial charge in [-0.2, -0.15) is 0 Å². The van der Waals surface area contributed by atoms with Crippen molar-refractivity contribution in [1.29, 1.82) is 0 Å². The molecule has 26 heavy (non-hydrogen) atoms. The molecule has 1 amide bonds. The first kappa shape index (κ1) is 19.7. The summed E-state index contributed by atoms with van der Waals surface area (Å²) in [6.45, 7) is 0.162. The van der Waals surface area contributed by atoms with E-state index in [9.17, 15) is 9.59 Å². The van der Waals surface area contributed by atoms with Gasteiger partial charge in [-0.1, -0.05) is 18.2 Å². The standard InChI is InChI=1S/C19H21NO5S/c1-23-16-9-8-14(12-17(16)24-2)19(22)25-13-18(21)20-10-11-26-15-6-4-3-5-7-15/h3-9,12H,10-11,13H2,1-2H3,(H,20,21). The molecule has 0 heterocycles. The van der Waals surface area contributed by atoms with Crippen molar-refractivity contribution in [3.05, 3.63) is 54.1 Å². The molecule has 2 aromatic rings. The zero-order valence-electron chi connectivity index (χ0n) is 14.7. The maximum Gasteiger partial charge on any atom is 0.338 e. The zero-order valence-corrected chi connectivity index (χ0v) is 15.5. The number of ether oxygens (including phenoxy) is 3. The van der Waals surface area contributed by atoms with Crippen LogP contribution in [0.3, 0.4) is 0 Å². The van der Waals surface area contributed by atoms with Crippen LogP contribution in [0.2, 0.25) is 0 Å². The smallest absolute Gasteiger partial charge is 0.338 e. The second kappa shape index (κ2) is 10.4. The predicted octanol–water partition coefficient (Wildman–Crippen LogP) is 2.77. The first-order chi connectivity index (χ1) is 12.6. The van der Waals surface area contributed by atoms with Crippen LogP contribution in [0.25, 0.3) is 0 Å². The molecule has 0 aromatic heterocycles. The highest BCUT2D eigenvalue weighted by Crippen LogP contribution is 2.27. The number of carbonyl (C=O) groups excluding carboxylic acids is 2. The van der Waals surface area contributed by atoms with Crippen molar-refractivity contribution in [2.45, 2.75) is 4.90 Å². The number of hydrogen-bond donors (Lipinski definition) is 1. The second-order valence-electron chi connectivity index (χ2n) is 5.16. The second-order valence-corrected chi connectivity index (χ2v) is 6.33. The molecule has 6 nitrogen and oxygen atoms in total. The van der Waals surface area contributed by atoms with E-state index >= 15 is 0 Å². The van der Waals surface area contributed by atoms with Gasteiger partial charge in [0.2, 0.25) is 0 Å². The maximum atomic E-state index is 12.0. The molecule has 138 valence electrons. The van der Waals surface area contributed by atoms with Gasteiger partial charge in [0.15, 0.2) is 18.1 Å². The summed E-state index contributed by atoms with van der Waals surface area (Å²) in [5.41, 5.74) is 0.287. The van der Waals surface area contributed by atoms with Crippen LogP contribution >= 0.6 is 11.8 Å². The van der Waals surface area contributed by atoms with Gasteiger partial charge in [-0.25, -0.2) is 4.79 Å². The van der Waals surface area contributed by atoms with Crippen molar-refractivity contribution >= 4 is 23.6 Å².